The minimum Gasteiger partial charge on any atom is -0.396 e. The summed E-state index contributed by atoms with van der Waals surface area (Å²) in [6.07, 6.45) is 8.59. The lowest BCUT2D eigenvalue weighted by molar-refractivity contribution is 0.300. The largest absolute Gasteiger partial charge is 0.396 e. The van der Waals surface area contributed by atoms with Gasteiger partial charge in [-0.1, -0.05) is 0 Å². The first kappa shape index (κ1) is 15.8. The normalized spacial score (nSPS) is 12.6. The number of hydrogen-bond donors (Lipinski definition) is 3. The molecule has 5 heterocycles. The molecule has 2 aliphatic heterocycles. The van der Waals surface area contributed by atoms with Crippen molar-refractivity contribution in [3.05, 3.63) is 70.8 Å². The highest BCUT2D eigenvalue weighted by atomic mass is 16.2. The second-order valence-electron chi connectivity index (χ2n) is 6.67. The lowest BCUT2D eigenvalue weighted by Crippen LogP contribution is -1.88. The van der Waals surface area contributed by atoms with Gasteiger partial charge in [0, 0.05) is 28.7 Å². The number of fused-ring (bicyclic) bond motifs is 8. The van der Waals surface area contributed by atoms with Crippen molar-refractivity contribution in [3.8, 4) is 0 Å². The average Bonchev–Trinajstić information content (AvgIpc) is 3.41. The molecule has 2 aliphatic rings. The van der Waals surface area contributed by atoms with Crippen molar-refractivity contribution in [1.82, 2.24) is 19.9 Å². The lowest BCUT2D eigenvalue weighted by Gasteiger charge is -1.92. The highest BCUT2D eigenvalue weighted by Crippen LogP contribution is 2.19. The Morgan fingerprint density at radius 3 is 1.81 bits per heavy atom. The van der Waals surface area contributed by atoms with Crippen LogP contribution in [0.5, 0.6) is 0 Å². The maximum absolute atomic E-state index is 9.39. The van der Waals surface area contributed by atoms with Gasteiger partial charge in [0.25, 0.3) is 0 Å². The predicted molar refractivity (Wildman–Crippen MR) is 110 cm³/mol. The summed E-state index contributed by atoms with van der Waals surface area (Å²) in [5, 5.41) is 9.39. The maximum Gasteiger partial charge on any atom is 0.0658 e. The third kappa shape index (κ3) is 3.20. The minimum atomic E-state index is 0.105. The third-order valence-corrected chi connectivity index (χ3v) is 4.64. The van der Waals surface area contributed by atoms with Crippen molar-refractivity contribution in [2.45, 2.75) is 6.42 Å². The van der Waals surface area contributed by atoms with Crippen molar-refractivity contribution in [2.75, 3.05) is 6.61 Å². The van der Waals surface area contributed by atoms with Crippen LogP contribution < -0.4 is 0 Å². The first-order valence-electron chi connectivity index (χ1n) is 8.93. The fourth-order valence-electron chi connectivity index (χ4n) is 3.41. The van der Waals surface area contributed by atoms with Crippen molar-refractivity contribution < 1.29 is 5.11 Å². The van der Waals surface area contributed by atoms with Crippen LogP contribution in [0.25, 0.3) is 46.4 Å². The summed E-state index contributed by atoms with van der Waals surface area (Å²) in [6, 6.07) is 14.2. The molecule has 5 rings (SSSR count). The molecule has 0 radical (unpaired) electrons. The average molecular weight is 354 g/mol. The molecule has 0 spiro atoms. The Morgan fingerprint density at radius 2 is 1.22 bits per heavy atom. The number of aliphatic hydroxyl groups is 1. The van der Waals surface area contributed by atoms with E-state index in [9.17, 15) is 5.11 Å². The van der Waals surface area contributed by atoms with E-state index in [2.05, 4.69) is 26.0 Å². The number of aliphatic hydroxyl groups excluding tert-OH is 1. The van der Waals surface area contributed by atoms with Crippen LogP contribution >= 0.6 is 0 Å². The van der Waals surface area contributed by atoms with Crippen LogP contribution in [0.4, 0.5) is 0 Å². The van der Waals surface area contributed by atoms with E-state index in [1.54, 1.807) is 0 Å². The van der Waals surface area contributed by atoms with E-state index in [4.69, 9.17) is 0 Å². The van der Waals surface area contributed by atoms with Crippen molar-refractivity contribution in [2.24, 2.45) is 0 Å². The maximum atomic E-state index is 9.39. The number of H-pyrrole nitrogens is 2. The fourth-order valence-corrected chi connectivity index (χ4v) is 3.41. The van der Waals surface area contributed by atoms with Gasteiger partial charge in [-0.05, 0) is 78.8 Å². The summed E-state index contributed by atoms with van der Waals surface area (Å²) in [4.78, 5) is 16.1. The molecule has 0 fully saturated rings. The van der Waals surface area contributed by atoms with Gasteiger partial charge < -0.3 is 15.1 Å². The Bertz CT molecular complexity index is 1240. The fraction of sp³-hybridized carbons (Fsp3) is 0.0909. The van der Waals surface area contributed by atoms with E-state index >= 15 is 0 Å². The van der Waals surface area contributed by atoms with Crippen LogP contribution in [0.3, 0.4) is 0 Å². The summed E-state index contributed by atoms with van der Waals surface area (Å²) < 4.78 is 0. The van der Waals surface area contributed by atoms with Gasteiger partial charge in [-0.25, -0.2) is 9.97 Å². The van der Waals surface area contributed by atoms with Gasteiger partial charge in [0.15, 0.2) is 0 Å². The molecule has 3 N–H and O–H groups in total. The van der Waals surface area contributed by atoms with Crippen LogP contribution in [0.15, 0.2) is 42.5 Å². The molecule has 132 valence electrons. The molecule has 0 unspecified atom stereocenters. The minimum absolute atomic E-state index is 0.105. The van der Waals surface area contributed by atoms with Gasteiger partial charge in [0.1, 0.15) is 0 Å². The molecule has 8 bridgehead atoms. The summed E-state index contributed by atoms with van der Waals surface area (Å²) in [6.45, 7) is 0.105. The highest BCUT2D eigenvalue weighted by molar-refractivity contribution is 5.78. The second kappa shape index (κ2) is 6.37. The molecule has 0 aromatic carbocycles. The van der Waals surface area contributed by atoms with Gasteiger partial charge in [0.05, 0.1) is 22.8 Å². The molecular weight excluding hydrogens is 336 g/mol. The van der Waals surface area contributed by atoms with Gasteiger partial charge in [0.2, 0.25) is 0 Å². The van der Waals surface area contributed by atoms with E-state index in [1.165, 1.54) is 0 Å². The molecule has 0 saturated carbocycles. The summed E-state index contributed by atoms with van der Waals surface area (Å²) >= 11 is 0. The van der Waals surface area contributed by atoms with Gasteiger partial charge in [-0.2, -0.15) is 0 Å². The number of aromatic nitrogens is 4. The Hall–Kier alpha value is -3.44. The van der Waals surface area contributed by atoms with E-state index < -0.39 is 0 Å². The molecule has 0 atom stereocenters. The zero-order valence-electron chi connectivity index (χ0n) is 14.6. The van der Waals surface area contributed by atoms with E-state index in [-0.39, 0.29) is 6.61 Å². The molecule has 5 heteroatoms. The topological polar surface area (TPSA) is 77.6 Å². The Labute approximate surface area is 155 Å². The van der Waals surface area contributed by atoms with E-state index in [1.807, 2.05) is 60.7 Å². The molecule has 0 amide bonds. The Balaban J connectivity index is 1.83. The lowest BCUT2D eigenvalue weighted by atomic mass is 10.2. The van der Waals surface area contributed by atoms with Crippen molar-refractivity contribution in [1.29, 1.82) is 0 Å². The van der Waals surface area contributed by atoms with Crippen LogP contribution in [-0.2, 0) is 6.42 Å². The summed E-state index contributed by atoms with van der Waals surface area (Å²) in [7, 11) is 0. The molecule has 0 aliphatic carbocycles. The van der Waals surface area contributed by atoms with Gasteiger partial charge in [-0.3, -0.25) is 0 Å². The van der Waals surface area contributed by atoms with E-state index in [0.29, 0.717) is 6.42 Å². The number of nitrogens with one attached hydrogen (secondary N) is 2. The number of nitrogens with zero attached hydrogens (tertiary/aromatic N) is 2. The molecule has 27 heavy (non-hydrogen) atoms. The standard InChI is InChI=1S/C22H18N4O/c27-8-7-14-9-21-12-19-4-3-17(24-19)10-15-1-2-16(23-15)11-18-5-6-20(25-18)13-22(14)26-21/h1-6,9-13,23,26-27H,7-8H2. The highest BCUT2D eigenvalue weighted by Gasteiger charge is 2.04. The molecule has 3 aromatic heterocycles. The van der Waals surface area contributed by atoms with Crippen molar-refractivity contribution >= 4 is 46.4 Å². The number of rotatable bonds is 2. The van der Waals surface area contributed by atoms with Crippen LogP contribution in [0.1, 0.15) is 28.3 Å². The van der Waals surface area contributed by atoms with E-state index in [0.717, 1.165) is 50.4 Å². The smallest absolute Gasteiger partial charge is 0.0658 e. The molecule has 3 aromatic rings. The van der Waals surface area contributed by atoms with Crippen LogP contribution in [0.2, 0.25) is 0 Å². The zero-order valence-corrected chi connectivity index (χ0v) is 14.6. The zero-order chi connectivity index (χ0) is 18.2. The number of aromatic amines is 2. The first-order chi connectivity index (χ1) is 13.2. The molecular formula is C22H18N4O. The number of hydrogen-bond acceptors (Lipinski definition) is 3. The summed E-state index contributed by atoms with van der Waals surface area (Å²) in [5.41, 5.74) is 8.57. The monoisotopic (exact) mass is 354 g/mol. The van der Waals surface area contributed by atoms with Crippen LogP contribution in [0, 0.1) is 0 Å². The molecule has 0 saturated heterocycles. The van der Waals surface area contributed by atoms with Gasteiger partial charge in [-0.15, -0.1) is 0 Å². The predicted octanol–water partition coefficient (Wildman–Crippen LogP) is 4.19. The summed E-state index contributed by atoms with van der Waals surface area (Å²) in [5.74, 6) is 0. The third-order valence-electron chi connectivity index (χ3n) is 4.64. The molecule has 5 nitrogen and oxygen atoms in total. The first-order valence-corrected chi connectivity index (χ1v) is 8.93. The van der Waals surface area contributed by atoms with Crippen molar-refractivity contribution in [3.63, 3.8) is 0 Å². The van der Waals surface area contributed by atoms with Crippen LogP contribution in [-0.4, -0.2) is 31.6 Å². The Morgan fingerprint density at radius 1 is 0.667 bits per heavy atom. The van der Waals surface area contributed by atoms with Gasteiger partial charge >= 0.3 is 0 Å². The second-order valence-corrected chi connectivity index (χ2v) is 6.67. The SMILES string of the molecule is OCCc1cc2cc3nc(cc4ccc(cc5nc(cc1[nH]2)C=C5)[nH]4)C=C3. The quantitative estimate of drug-likeness (QED) is 0.445. The Kier molecular flexibility index (Phi) is 3.73.